The summed E-state index contributed by atoms with van der Waals surface area (Å²) in [6.07, 6.45) is 1.18. The summed E-state index contributed by atoms with van der Waals surface area (Å²) >= 11 is 1.69. The summed E-state index contributed by atoms with van der Waals surface area (Å²) in [5.41, 5.74) is 9.29. The van der Waals surface area contributed by atoms with Gasteiger partial charge in [0, 0.05) is 16.3 Å². The Balaban J connectivity index is 1.96. The molecule has 96 valence electrons. The van der Waals surface area contributed by atoms with E-state index in [1.54, 1.807) is 11.3 Å². The molecule has 0 aliphatic carbocycles. The average molecular weight is 260 g/mol. The highest BCUT2D eigenvalue weighted by Crippen LogP contribution is 2.23. The zero-order valence-electron chi connectivity index (χ0n) is 10.9. The van der Waals surface area contributed by atoms with Crippen LogP contribution in [-0.4, -0.2) is 0 Å². The molecule has 0 amide bonds. The molecule has 2 nitrogen and oxygen atoms in total. The summed E-state index contributed by atoms with van der Waals surface area (Å²) in [5.74, 6) is 0.631. The van der Waals surface area contributed by atoms with Gasteiger partial charge in [-0.2, -0.15) is 0 Å². The second-order valence-electron chi connectivity index (χ2n) is 4.58. The van der Waals surface area contributed by atoms with Crippen LogP contribution in [0.15, 0.2) is 35.7 Å². The number of hydrogen-bond acceptors (Lipinski definition) is 3. The molecular weight excluding hydrogens is 240 g/mol. The van der Waals surface area contributed by atoms with Gasteiger partial charge in [0.1, 0.15) is 0 Å². The lowest BCUT2D eigenvalue weighted by atomic mass is 9.99. The number of thiophene rings is 1. The maximum Gasteiger partial charge on any atom is 0.0514 e. The van der Waals surface area contributed by atoms with E-state index < -0.39 is 0 Å². The molecule has 3 N–H and O–H groups in total. The van der Waals surface area contributed by atoms with E-state index in [-0.39, 0.29) is 0 Å². The first kappa shape index (κ1) is 13.0. The first-order valence-electron chi connectivity index (χ1n) is 6.36. The van der Waals surface area contributed by atoms with E-state index in [0.717, 1.165) is 17.9 Å². The molecule has 0 saturated heterocycles. The van der Waals surface area contributed by atoms with E-state index in [2.05, 4.69) is 43.4 Å². The first-order valence-corrected chi connectivity index (χ1v) is 7.24. The second kappa shape index (κ2) is 5.91. The third-order valence-corrected chi connectivity index (χ3v) is 4.26. The summed E-state index contributed by atoms with van der Waals surface area (Å²) in [4.78, 5) is 1.20. The standard InChI is InChI=1S/C15H20N2S/c1-3-11(2)12-4-6-13(7-5-12)17-10-15-14(16)8-9-18-15/h4-9,11,17H,3,10,16H2,1-2H3. The van der Waals surface area contributed by atoms with Crippen molar-refractivity contribution in [2.45, 2.75) is 32.7 Å². The van der Waals surface area contributed by atoms with Crippen LogP contribution in [-0.2, 0) is 6.54 Å². The van der Waals surface area contributed by atoms with Gasteiger partial charge in [-0.3, -0.25) is 0 Å². The molecule has 1 heterocycles. The van der Waals surface area contributed by atoms with Gasteiger partial charge in [0.2, 0.25) is 0 Å². The fourth-order valence-electron chi connectivity index (χ4n) is 1.84. The Kier molecular flexibility index (Phi) is 4.26. The van der Waals surface area contributed by atoms with E-state index in [9.17, 15) is 0 Å². The Bertz CT molecular complexity index is 487. The monoisotopic (exact) mass is 260 g/mol. The molecule has 1 unspecified atom stereocenters. The van der Waals surface area contributed by atoms with E-state index in [1.807, 2.05) is 11.4 Å². The quantitative estimate of drug-likeness (QED) is 0.833. The summed E-state index contributed by atoms with van der Waals surface area (Å²) < 4.78 is 0. The van der Waals surface area contributed by atoms with Crippen molar-refractivity contribution >= 4 is 22.7 Å². The zero-order valence-corrected chi connectivity index (χ0v) is 11.8. The summed E-state index contributed by atoms with van der Waals surface area (Å²) in [6, 6.07) is 10.6. The van der Waals surface area contributed by atoms with Crippen molar-refractivity contribution in [3.63, 3.8) is 0 Å². The van der Waals surface area contributed by atoms with Gasteiger partial charge < -0.3 is 11.1 Å². The van der Waals surface area contributed by atoms with Gasteiger partial charge in [-0.25, -0.2) is 0 Å². The van der Waals surface area contributed by atoms with Crippen molar-refractivity contribution in [2.24, 2.45) is 0 Å². The summed E-state index contributed by atoms with van der Waals surface area (Å²) in [7, 11) is 0. The molecular formula is C15H20N2S. The van der Waals surface area contributed by atoms with E-state index in [1.165, 1.54) is 16.9 Å². The number of anilines is 2. The van der Waals surface area contributed by atoms with Crippen LogP contribution in [0.25, 0.3) is 0 Å². The fourth-order valence-corrected chi connectivity index (χ4v) is 2.58. The van der Waals surface area contributed by atoms with Crippen molar-refractivity contribution in [1.82, 2.24) is 0 Å². The highest BCUT2D eigenvalue weighted by atomic mass is 32.1. The molecule has 0 saturated carbocycles. The lowest BCUT2D eigenvalue weighted by Gasteiger charge is -2.11. The molecule has 0 aliphatic rings. The molecule has 2 rings (SSSR count). The SMILES string of the molecule is CCC(C)c1ccc(NCc2sccc2N)cc1. The predicted molar refractivity (Wildman–Crippen MR) is 81.2 cm³/mol. The topological polar surface area (TPSA) is 38.0 Å². The molecule has 3 heteroatoms. The molecule has 1 aromatic carbocycles. The van der Waals surface area contributed by atoms with Gasteiger partial charge in [0.05, 0.1) is 6.54 Å². The zero-order chi connectivity index (χ0) is 13.0. The van der Waals surface area contributed by atoms with Gasteiger partial charge in [0.15, 0.2) is 0 Å². The third-order valence-electron chi connectivity index (χ3n) is 3.33. The molecule has 18 heavy (non-hydrogen) atoms. The minimum atomic E-state index is 0.631. The number of nitrogens with one attached hydrogen (secondary N) is 1. The maximum absolute atomic E-state index is 5.86. The first-order chi connectivity index (χ1) is 8.70. The van der Waals surface area contributed by atoms with E-state index in [0.29, 0.717) is 5.92 Å². The van der Waals surface area contributed by atoms with Gasteiger partial charge in [-0.1, -0.05) is 26.0 Å². The molecule has 1 atom stereocenters. The summed E-state index contributed by atoms with van der Waals surface area (Å²) in [5, 5.41) is 5.43. The predicted octanol–water partition coefficient (Wildman–Crippen LogP) is 4.46. The van der Waals surface area contributed by atoms with Crippen LogP contribution in [0.4, 0.5) is 11.4 Å². The van der Waals surface area contributed by atoms with Crippen molar-refractivity contribution < 1.29 is 0 Å². The number of hydrogen-bond donors (Lipinski definition) is 2. The van der Waals surface area contributed by atoms with Gasteiger partial charge in [0.25, 0.3) is 0 Å². The minimum Gasteiger partial charge on any atom is -0.398 e. The Hall–Kier alpha value is -1.48. The minimum absolute atomic E-state index is 0.631. The van der Waals surface area contributed by atoms with Crippen molar-refractivity contribution in [3.8, 4) is 0 Å². The molecule has 1 aromatic heterocycles. The molecule has 0 bridgehead atoms. The van der Waals surface area contributed by atoms with Gasteiger partial charge >= 0.3 is 0 Å². The number of nitrogens with two attached hydrogens (primary N) is 1. The van der Waals surface area contributed by atoms with Crippen molar-refractivity contribution in [1.29, 1.82) is 0 Å². The lowest BCUT2D eigenvalue weighted by molar-refractivity contribution is 0.734. The van der Waals surface area contributed by atoms with Gasteiger partial charge in [-0.15, -0.1) is 11.3 Å². The van der Waals surface area contributed by atoms with Gasteiger partial charge in [-0.05, 0) is 41.5 Å². The third kappa shape index (κ3) is 3.05. The van der Waals surface area contributed by atoms with Crippen LogP contribution in [0.1, 0.15) is 36.6 Å². The maximum atomic E-state index is 5.86. The molecule has 0 aliphatic heterocycles. The Morgan fingerprint density at radius 3 is 2.50 bits per heavy atom. The second-order valence-corrected chi connectivity index (χ2v) is 5.58. The Morgan fingerprint density at radius 1 is 1.22 bits per heavy atom. The van der Waals surface area contributed by atoms with E-state index >= 15 is 0 Å². The van der Waals surface area contributed by atoms with Crippen molar-refractivity contribution in [2.75, 3.05) is 11.1 Å². The molecule has 0 spiro atoms. The highest BCUT2D eigenvalue weighted by molar-refractivity contribution is 7.10. The van der Waals surface area contributed by atoms with Crippen LogP contribution in [0.5, 0.6) is 0 Å². The number of rotatable bonds is 5. The number of nitrogen functional groups attached to an aromatic ring is 1. The van der Waals surface area contributed by atoms with Crippen LogP contribution in [0.2, 0.25) is 0 Å². The largest absolute Gasteiger partial charge is 0.398 e. The fraction of sp³-hybridized carbons (Fsp3) is 0.333. The molecule has 2 aromatic rings. The van der Waals surface area contributed by atoms with Crippen LogP contribution in [0, 0.1) is 0 Å². The van der Waals surface area contributed by atoms with Crippen LogP contribution < -0.4 is 11.1 Å². The highest BCUT2D eigenvalue weighted by Gasteiger charge is 2.03. The smallest absolute Gasteiger partial charge is 0.0514 e. The number of benzene rings is 1. The molecule has 0 fully saturated rings. The Morgan fingerprint density at radius 2 is 1.94 bits per heavy atom. The normalized spacial score (nSPS) is 12.3. The van der Waals surface area contributed by atoms with E-state index in [4.69, 9.17) is 5.73 Å². The summed E-state index contributed by atoms with van der Waals surface area (Å²) in [6.45, 7) is 5.28. The van der Waals surface area contributed by atoms with Crippen LogP contribution in [0.3, 0.4) is 0 Å². The average Bonchev–Trinajstić information content (AvgIpc) is 2.81. The lowest BCUT2D eigenvalue weighted by Crippen LogP contribution is -2.00. The van der Waals surface area contributed by atoms with Crippen LogP contribution >= 0.6 is 11.3 Å². The molecule has 0 radical (unpaired) electrons. The van der Waals surface area contributed by atoms with Crippen molar-refractivity contribution in [3.05, 3.63) is 46.2 Å². The Labute approximate surface area is 113 Å².